The van der Waals surface area contributed by atoms with Crippen LogP contribution < -0.4 is 11.1 Å². The number of rotatable bonds is 5. The van der Waals surface area contributed by atoms with E-state index in [0.29, 0.717) is 6.54 Å². The van der Waals surface area contributed by atoms with Crippen molar-refractivity contribution in [3.8, 4) is 0 Å². The second-order valence-electron chi connectivity index (χ2n) is 5.19. The summed E-state index contributed by atoms with van der Waals surface area (Å²) in [6.07, 6.45) is 3.69. The molecule has 0 spiro atoms. The summed E-state index contributed by atoms with van der Waals surface area (Å²) in [5, 5.41) is 11.8. The zero-order chi connectivity index (χ0) is 14.4. The molecule has 5 nitrogen and oxygen atoms in total. The average Bonchev–Trinajstić information content (AvgIpc) is 2.94. The second-order valence-corrected chi connectivity index (χ2v) is 5.19. The quantitative estimate of drug-likeness (QED) is 0.769. The number of anilines is 1. The number of likely N-dealkylation sites (tertiary alicyclic amines) is 1. The van der Waals surface area contributed by atoms with Crippen molar-refractivity contribution in [1.29, 1.82) is 0 Å². The van der Waals surface area contributed by atoms with Crippen molar-refractivity contribution in [2.45, 2.75) is 38.3 Å². The molecule has 1 fully saturated rings. The van der Waals surface area contributed by atoms with Gasteiger partial charge in [-0.05, 0) is 43.4 Å². The van der Waals surface area contributed by atoms with Gasteiger partial charge in [-0.1, -0.05) is 12.1 Å². The first-order chi connectivity index (χ1) is 9.74. The molecule has 0 aliphatic carbocycles. The number of nitrogens with two attached hydrogens (primary N) is 1. The lowest BCUT2D eigenvalue weighted by molar-refractivity contribution is 0.197. The lowest BCUT2D eigenvalue weighted by Gasteiger charge is -2.24. The number of amides is 2. The number of carbonyl (C=O) groups excluding carboxylic acids is 1. The molecule has 1 unspecified atom stereocenters. The van der Waals surface area contributed by atoms with E-state index in [1.165, 1.54) is 0 Å². The van der Waals surface area contributed by atoms with E-state index in [1.807, 2.05) is 29.2 Å². The van der Waals surface area contributed by atoms with Crippen LogP contribution in [0.1, 0.15) is 31.2 Å². The standard InChI is InChI=1S/C15H23N3O2/c16-11-12-5-7-13(8-6-12)17-15(20)18-9-1-3-14(18)4-2-10-19/h5-8,14,19H,1-4,9-11,16H2,(H,17,20). The maximum absolute atomic E-state index is 12.3. The van der Waals surface area contributed by atoms with Gasteiger partial charge >= 0.3 is 6.03 Å². The third kappa shape index (κ3) is 3.71. The molecule has 2 amide bonds. The average molecular weight is 277 g/mol. The van der Waals surface area contributed by atoms with E-state index in [0.717, 1.165) is 43.5 Å². The maximum atomic E-state index is 12.3. The highest BCUT2D eigenvalue weighted by molar-refractivity contribution is 5.89. The Labute approximate surface area is 119 Å². The number of urea groups is 1. The van der Waals surface area contributed by atoms with Crippen LogP contribution in [0.25, 0.3) is 0 Å². The Kier molecular flexibility index (Phi) is 5.38. The molecule has 1 heterocycles. The minimum Gasteiger partial charge on any atom is -0.396 e. The molecule has 2 rings (SSSR count). The molecule has 20 heavy (non-hydrogen) atoms. The number of aliphatic hydroxyl groups is 1. The van der Waals surface area contributed by atoms with Crippen molar-refractivity contribution < 1.29 is 9.90 Å². The largest absolute Gasteiger partial charge is 0.396 e. The number of aliphatic hydroxyl groups excluding tert-OH is 1. The lowest BCUT2D eigenvalue weighted by atomic mass is 10.1. The summed E-state index contributed by atoms with van der Waals surface area (Å²) in [5.74, 6) is 0. The van der Waals surface area contributed by atoms with Crippen LogP contribution in [-0.4, -0.2) is 35.2 Å². The number of carbonyl (C=O) groups is 1. The molecular weight excluding hydrogens is 254 g/mol. The molecule has 1 aliphatic rings. The topological polar surface area (TPSA) is 78.6 Å². The van der Waals surface area contributed by atoms with Gasteiger partial charge in [0.25, 0.3) is 0 Å². The fraction of sp³-hybridized carbons (Fsp3) is 0.533. The molecule has 1 atom stereocenters. The SMILES string of the molecule is NCc1ccc(NC(=O)N2CCCC2CCCO)cc1. The predicted octanol–water partition coefficient (Wildman–Crippen LogP) is 1.91. The molecule has 1 aromatic carbocycles. The van der Waals surface area contributed by atoms with E-state index in [1.54, 1.807) is 0 Å². The van der Waals surface area contributed by atoms with Crippen LogP contribution in [0.3, 0.4) is 0 Å². The highest BCUT2D eigenvalue weighted by Crippen LogP contribution is 2.22. The summed E-state index contributed by atoms with van der Waals surface area (Å²) in [5.41, 5.74) is 7.39. The Bertz CT molecular complexity index is 433. The van der Waals surface area contributed by atoms with Crippen molar-refractivity contribution in [3.63, 3.8) is 0 Å². The molecule has 0 radical (unpaired) electrons. The molecule has 0 saturated carbocycles. The summed E-state index contributed by atoms with van der Waals surface area (Å²) >= 11 is 0. The number of benzene rings is 1. The van der Waals surface area contributed by atoms with Crippen LogP contribution in [0.4, 0.5) is 10.5 Å². The third-order valence-electron chi connectivity index (χ3n) is 3.77. The van der Waals surface area contributed by atoms with Gasteiger partial charge in [-0.3, -0.25) is 0 Å². The monoisotopic (exact) mass is 277 g/mol. The van der Waals surface area contributed by atoms with Gasteiger partial charge in [0.15, 0.2) is 0 Å². The molecule has 0 bridgehead atoms. The minimum absolute atomic E-state index is 0.0501. The van der Waals surface area contributed by atoms with Gasteiger partial charge < -0.3 is 21.1 Å². The number of nitrogens with one attached hydrogen (secondary N) is 1. The van der Waals surface area contributed by atoms with E-state index < -0.39 is 0 Å². The summed E-state index contributed by atoms with van der Waals surface area (Å²) in [6, 6.07) is 7.79. The van der Waals surface area contributed by atoms with Crippen LogP contribution in [0.5, 0.6) is 0 Å². The Morgan fingerprint density at radius 1 is 1.40 bits per heavy atom. The van der Waals surface area contributed by atoms with Gasteiger partial charge in [0.1, 0.15) is 0 Å². The van der Waals surface area contributed by atoms with E-state index >= 15 is 0 Å². The van der Waals surface area contributed by atoms with Gasteiger partial charge in [-0.2, -0.15) is 0 Å². The number of hydrogen-bond acceptors (Lipinski definition) is 3. The second kappa shape index (κ2) is 7.26. The zero-order valence-electron chi connectivity index (χ0n) is 11.7. The highest BCUT2D eigenvalue weighted by atomic mass is 16.3. The van der Waals surface area contributed by atoms with E-state index in [2.05, 4.69) is 5.32 Å². The zero-order valence-corrected chi connectivity index (χ0v) is 11.7. The lowest BCUT2D eigenvalue weighted by Crippen LogP contribution is -2.38. The van der Waals surface area contributed by atoms with Crippen LogP contribution in [0.15, 0.2) is 24.3 Å². The smallest absolute Gasteiger partial charge is 0.322 e. The number of hydrogen-bond donors (Lipinski definition) is 3. The summed E-state index contributed by atoms with van der Waals surface area (Å²) in [7, 11) is 0. The molecule has 110 valence electrons. The first-order valence-corrected chi connectivity index (χ1v) is 7.22. The van der Waals surface area contributed by atoms with Gasteiger partial charge in [0.05, 0.1) is 0 Å². The molecular formula is C15H23N3O2. The minimum atomic E-state index is -0.0501. The van der Waals surface area contributed by atoms with Crippen molar-refractivity contribution in [2.75, 3.05) is 18.5 Å². The van der Waals surface area contributed by atoms with Gasteiger partial charge in [-0.25, -0.2) is 4.79 Å². The Morgan fingerprint density at radius 3 is 2.80 bits per heavy atom. The van der Waals surface area contributed by atoms with Crippen LogP contribution in [0, 0.1) is 0 Å². The third-order valence-corrected chi connectivity index (χ3v) is 3.77. The van der Waals surface area contributed by atoms with E-state index in [9.17, 15) is 4.79 Å². The van der Waals surface area contributed by atoms with E-state index in [4.69, 9.17) is 10.8 Å². The Hall–Kier alpha value is -1.59. The van der Waals surface area contributed by atoms with Crippen molar-refractivity contribution >= 4 is 11.7 Å². The van der Waals surface area contributed by atoms with Gasteiger partial charge in [0.2, 0.25) is 0 Å². The molecule has 5 heteroatoms. The van der Waals surface area contributed by atoms with Crippen LogP contribution >= 0.6 is 0 Å². The molecule has 1 aromatic rings. The summed E-state index contributed by atoms with van der Waals surface area (Å²) in [6.45, 7) is 1.49. The normalized spacial score (nSPS) is 18.3. The fourth-order valence-electron chi connectivity index (χ4n) is 2.65. The van der Waals surface area contributed by atoms with Crippen molar-refractivity contribution in [1.82, 2.24) is 4.90 Å². The van der Waals surface area contributed by atoms with Crippen LogP contribution in [-0.2, 0) is 6.54 Å². The maximum Gasteiger partial charge on any atom is 0.322 e. The Morgan fingerprint density at radius 2 is 2.15 bits per heavy atom. The molecule has 1 saturated heterocycles. The van der Waals surface area contributed by atoms with Crippen LogP contribution in [0.2, 0.25) is 0 Å². The predicted molar refractivity (Wildman–Crippen MR) is 79.4 cm³/mol. The summed E-state index contributed by atoms with van der Waals surface area (Å²) in [4.78, 5) is 14.2. The van der Waals surface area contributed by atoms with Gasteiger partial charge in [0, 0.05) is 31.4 Å². The molecule has 4 N–H and O–H groups in total. The van der Waals surface area contributed by atoms with E-state index in [-0.39, 0.29) is 18.7 Å². The van der Waals surface area contributed by atoms with Crippen molar-refractivity contribution in [2.24, 2.45) is 5.73 Å². The first-order valence-electron chi connectivity index (χ1n) is 7.22. The molecule has 1 aliphatic heterocycles. The van der Waals surface area contributed by atoms with Gasteiger partial charge in [-0.15, -0.1) is 0 Å². The Balaban J connectivity index is 1.92. The number of nitrogens with zero attached hydrogens (tertiary/aromatic N) is 1. The highest BCUT2D eigenvalue weighted by Gasteiger charge is 2.28. The van der Waals surface area contributed by atoms with Crippen molar-refractivity contribution in [3.05, 3.63) is 29.8 Å². The fourth-order valence-corrected chi connectivity index (χ4v) is 2.65. The summed E-state index contributed by atoms with van der Waals surface area (Å²) < 4.78 is 0. The first kappa shape index (κ1) is 14.8. The molecule has 0 aromatic heterocycles.